The Kier molecular flexibility index (Phi) is 6.91. The molecule has 3 aromatic rings. The average molecular weight is 414 g/mol. The number of rotatable bonds is 7. The highest BCUT2D eigenvalue weighted by atomic mass is 32.2. The van der Waals surface area contributed by atoms with E-state index in [1.807, 2.05) is 30.3 Å². The van der Waals surface area contributed by atoms with Gasteiger partial charge in [0.2, 0.25) is 0 Å². The Morgan fingerprint density at radius 1 is 1.10 bits per heavy atom. The van der Waals surface area contributed by atoms with E-state index in [-0.39, 0.29) is 10.6 Å². The molecule has 8 heteroatoms. The molecule has 3 rings (SSSR count). The number of para-hydroxylation sites is 2. The number of amides is 1. The summed E-state index contributed by atoms with van der Waals surface area (Å²) in [6.07, 6.45) is 4.42. The molecule has 0 saturated carbocycles. The lowest BCUT2D eigenvalue weighted by atomic mass is 10.1. The topological polar surface area (TPSA) is 68.3 Å². The first-order chi connectivity index (χ1) is 14.0. The van der Waals surface area contributed by atoms with Gasteiger partial charge < -0.3 is 10.1 Å². The van der Waals surface area contributed by atoms with Crippen LogP contribution in [0.15, 0.2) is 71.8 Å². The highest BCUT2D eigenvalue weighted by molar-refractivity contribution is 7.99. The second-order valence-electron chi connectivity index (χ2n) is 5.79. The predicted molar refractivity (Wildman–Crippen MR) is 109 cm³/mol. The lowest BCUT2D eigenvalue weighted by Gasteiger charge is -2.10. The molecule has 0 aliphatic heterocycles. The van der Waals surface area contributed by atoms with Crippen LogP contribution in [0.5, 0.6) is 0 Å². The van der Waals surface area contributed by atoms with Gasteiger partial charge in [0.15, 0.2) is 6.61 Å². The molecule has 0 radical (unpaired) electrons. The quantitative estimate of drug-likeness (QED) is 0.343. The Balaban J connectivity index is 1.57. The van der Waals surface area contributed by atoms with Gasteiger partial charge in [-0.1, -0.05) is 48.2 Å². The van der Waals surface area contributed by atoms with Crippen LogP contribution in [-0.2, 0) is 14.3 Å². The maximum absolute atomic E-state index is 12.6. The van der Waals surface area contributed by atoms with Gasteiger partial charge in [-0.3, -0.25) is 9.78 Å². The van der Waals surface area contributed by atoms with Crippen molar-refractivity contribution in [2.75, 3.05) is 11.9 Å². The van der Waals surface area contributed by atoms with Gasteiger partial charge in [0.05, 0.1) is 11.2 Å². The zero-order valence-electron chi connectivity index (χ0n) is 15.0. The molecule has 0 aliphatic rings. The van der Waals surface area contributed by atoms with E-state index >= 15 is 0 Å². The van der Waals surface area contributed by atoms with E-state index in [9.17, 15) is 18.4 Å². The van der Waals surface area contributed by atoms with E-state index < -0.39 is 24.2 Å². The molecule has 0 aliphatic carbocycles. The minimum absolute atomic E-state index is 0.227. The Bertz CT molecular complexity index is 1050. The Morgan fingerprint density at radius 2 is 1.90 bits per heavy atom. The van der Waals surface area contributed by atoms with E-state index in [2.05, 4.69) is 10.3 Å². The molecule has 0 bridgehead atoms. The zero-order valence-corrected chi connectivity index (χ0v) is 15.9. The lowest BCUT2D eigenvalue weighted by molar-refractivity contribution is -0.142. The highest BCUT2D eigenvalue weighted by Gasteiger charge is 2.12. The summed E-state index contributed by atoms with van der Waals surface area (Å²) in [7, 11) is 0. The van der Waals surface area contributed by atoms with Crippen LogP contribution in [0.25, 0.3) is 17.0 Å². The van der Waals surface area contributed by atoms with E-state index in [1.165, 1.54) is 18.2 Å². The zero-order chi connectivity index (χ0) is 20.6. The van der Waals surface area contributed by atoms with Crippen LogP contribution in [0, 0.1) is 0 Å². The van der Waals surface area contributed by atoms with Crippen molar-refractivity contribution in [2.45, 2.75) is 10.7 Å². The number of aromatic nitrogens is 1. The maximum Gasteiger partial charge on any atom is 0.331 e. The van der Waals surface area contributed by atoms with Crippen molar-refractivity contribution in [3.05, 3.63) is 72.4 Å². The number of pyridine rings is 1. The fourth-order valence-corrected chi connectivity index (χ4v) is 3.15. The van der Waals surface area contributed by atoms with Gasteiger partial charge >= 0.3 is 5.97 Å². The van der Waals surface area contributed by atoms with Crippen molar-refractivity contribution in [3.63, 3.8) is 0 Å². The maximum atomic E-state index is 12.6. The largest absolute Gasteiger partial charge is 0.452 e. The number of benzene rings is 2. The first-order valence-corrected chi connectivity index (χ1v) is 9.43. The highest BCUT2D eigenvalue weighted by Crippen LogP contribution is 2.31. The van der Waals surface area contributed by atoms with Crippen molar-refractivity contribution < 1.29 is 23.1 Å². The Hall–Kier alpha value is -3.26. The van der Waals surface area contributed by atoms with Crippen LogP contribution >= 0.6 is 11.8 Å². The molecule has 29 heavy (non-hydrogen) atoms. The fraction of sp³-hybridized carbons (Fsp3) is 0.0952. The molecule has 2 aromatic carbocycles. The van der Waals surface area contributed by atoms with Crippen LogP contribution in [0.1, 0.15) is 5.56 Å². The minimum atomic E-state index is -2.61. The van der Waals surface area contributed by atoms with Crippen molar-refractivity contribution in [1.82, 2.24) is 4.98 Å². The van der Waals surface area contributed by atoms with Crippen LogP contribution in [0.2, 0.25) is 0 Å². The number of thioether (sulfide) groups is 1. The molecule has 0 unspecified atom stereocenters. The summed E-state index contributed by atoms with van der Waals surface area (Å²) in [6.45, 7) is -0.537. The van der Waals surface area contributed by atoms with Crippen LogP contribution in [0.3, 0.4) is 0 Å². The molecule has 148 valence electrons. The second kappa shape index (κ2) is 9.79. The monoisotopic (exact) mass is 414 g/mol. The molecular formula is C21H16F2N2O3S. The van der Waals surface area contributed by atoms with E-state index in [1.54, 1.807) is 24.4 Å². The second-order valence-corrected chi connectivity index (χ2v) is 6.82. The van der Waals surface area contributed by atoms with Crippen molar-refractivity contribution in [1.29, 1.82) is 0 Å². The number of halogens is 2. The molecule has 0 fully saturated rings. The van der Waals surface area contributed by atoms with Crippen molar-refractivity contribution >= 4 is 46.3 Å². The summed E-state index contributed by atoms with van der Waals surface area (Å²) < 4.78 is 30.1. The third-order valence-electron chi connectivity index (χ3n) is 3.79. The van der Waals surface area contributed by atoms with Gasteiger partial charge in [-0.2, -0.15) is 8.78 Å². The average Bonchev–Trinajstić information content (AvgIpc) is 2.71. The number of hydrogen-bond acceptors (Lipinski definition) is 5. The van der Waals surface area contributed by atoms with Gasteiger partial charge in [-0.25, -0.2) is 4.79 Å². The summed E-state index contributed by atoms with van der Waals surface area (Å²) in [6, 6.07) is 15.5. The normalized spacial score (nSPS) is 11.1. The van der Waals surface area contributed by atoms with Gasteiger partial charge in [0.25, 0.3) is 11.7 Å². The molecule has 0 atom stereocenters. The van der Waals surface area contributed by atoms with Gasteiger partial charge in [-0.15, -0.1) is 0 Å². The summed E-state index contributed by atoms with van der Waals surface area (Å²) in [4.78, 5) is 28.4. The number of carbonyl (C=O) groups is 2. The number of nitrogens with one attached hydrogen (secondary N) is 1. The number of anilines is 1. The van der Waals surface area contributed by atoms with Gasteiger partial charge in [0, 0.05) is 28.1 Å². The van der Waals surface area contributed by atoms with Gasteiger partial charge in [-0.05, 0) is 24.3 Å². The first kappa shape index (κ1) is 20.5. The number of ether oxygens (including phenoxy) is 1. The summed E-state index contributed by atoms with van der Waals surface area (Å²) in [5.74, 6) is -3.94. The number of esters is 1. The molecule has 5 nitrogen and oxygen atoms in total. The third-order valence-corrected chi connectivity index (χ3v) is 4.57. The molecular weight excluding hydrogens is 398 g/mol. The number of hydrogen-bond donors (Lipinski definition) is 1. The van der Waals surface area contributed by atoms with Crippen LogP contribution in [0.4, 0.5) is 14.5 Å². The van der Waals surface area contributed by atoms with Crippen LogP contribution < -0.4 is 5.32 Å². The van der Waals surface area contributed by atoms with Crippen molar-refractivity contribution in [2.24, 2.45) is 0 Å². The minimum Gasteiger partial charge on any atom is -0.452 e. The number of carbonyl (C=O) groups excluding carboxylic acids is 2. The molecule has 0 spiro atoms. The smallest absolute Gasteiger partial charge is 0.331 e. The number of alkyl halides is 2. The standard InChI is InChI=1S/C21H16F2N2O3S/c22-21(23)29-17-9-2-1-8-16(17)25-18(26)13-28-19(27)11-10-15-6-3-5-14-7-4-12-24-20(14)15/h1-12,21H,13H2,(H,25,26)/b11-10+. The molecule has 1 N–H and O–H groups in total. The molecule has 1 heterocycles. The van der Waals surface area contributed by atoms with E-state index in [4.69, 9.17) is 4.74 Å². The number of fused-ring (bicyclic) bond motifs is 1. The molecule has 1 aromatic heterocycles. The SMILES string of the molecule is O=C(COC(=O)/C=C/c1cccc2cccnc12)Nc1ccccc1SC(F)F. The fourth-order valence-electron chi connectivity index (χ4n) is 2.56. The van der Waals surface area contributed by atoms with Gasteiger partial charge in [0.1, 0.15) is 0 Å². The summed E-state index contributed by atoms with van der Waals surface area (Å²) in [5.41, 5.74) is 1.71. The Morgan fingerprint density at radius 3 is 2.72 bits per heavy atom. The van der Waals surface area contributed by atoms with Crippen molar-refractivity contribution in [3.8, 4) is 0 Å². The van der Waals surface area contributed by atoms with E-state index in [0.29, 0.717) is 11.8 Å². The predicted octanol–water partition coefficient (Wildman–Crippen LogP) is 4.74. The molecule has 1 amide bonds. The Labute approximate surface area is 169 Å². The first-order valence-electron chi connectivity index (χ1n) is 8.55. The van der Waals surface area contributed by atoms with Crippen LogP contribution in [-0.4, -0.2) is 29.2 Å². The number of nitrogens with zero attached hydrogens (tertiary/aromatic N) is 1. The van der Waals surface area contributed by atoms with E-state index in [0.717, 1.165) is 16.5 Å². The summed E-state index contributed by atoms with van der Waals surface area (Å²) >= 11 is 0.325. The summed E-state index contributed by atoms with van der Waals surface area (Å²) in [5, 5.41) is 3.40. The lowest BCUT2D eigenvalue weighted by Crippen LogP contribution is -2.20. The molecule has 0 saturated heterocycles. The third kappa shape index (κ3) is 5.86.